The van der Waals surface area contributed by atoms with Gasteiger partial charge >= 0.3 is 0 Å². The number of anilines is 2. The minimum Gasteiger partial charge on any atom is -0.479 e. The van der Waals surface area contributed by atoms with Crippen LogP contribution in [0.4, 0.5) is 11.4 Å². The number of carbonyl (C=O) groups is 2. The van der Waals surface area contributed by atoms with Crippen molar-refractivity contribution in [3.05, 3.63) is 52.5 Å². The largest absolute Gasteiger partial charge is 0.479 e. The summed E-state index contributed by atoms with van der Waals surface area (Å²) in [6.45, 7) is 6.33. The number of ether oxygens (including phenoxy) is 2. The molecule has 2 aliphatic rings. The Morgan fingerprint density at radius 3 is 2.60 bits per heavy atom. The van der Waals surface area contributed by atoms with E-state index in [1.54, 1.807) is 36.1 Å². The van der Waals surface area contributed by atoms with Gasteiger partial charge in [-0.2, -0.15) is 0 Å². The highest BCUT2D eigenvalue weighted by molar-refractivity contribution is 9.10. The van der Waals surface area contributed by atoms with Crippen LogP contribution >= 0.6 is 15.9 Å². The summed E-state index contributed by atoms with van der Waals surface area (Å²) in [5, 5.41) is 2.89. The van der Waals surface area contributed by atoms with E-state index in [4.69, 9.17) is 9.47 Å². The third kappa shape index (κ3) is 4.66. The van der Waals surface area contributed by atoms with Gasteiger partial charge in [0.05, 0.1) is 18.9 Å². The lowest BCUT2D eigenvalue weighted by atomic mass is 10.1. The highest BCUT2D eigenvalue weighted by Gasteiger charge is 2.32. The van der Waals surface area contributed by atoms with Gasteiger partial charge in [-0.15, -0.1) is 0 Å². The van der Waals surface area contributed by atoms with Crippen molar-refractivity contribution in [2.45, 2.75) is 13.0 Å². The van der Waals surface area contributed by atoms with Crippen LogP contribution in [0, 0.1) is 0 Å². The smallest absolute Gasteiger partial charge is 0.267 e. The summed E-state index contributed by atoms with van der Waals surface area (Å²) in [5.74, 6) is 0.339. The SMILES string of the molecule is CC1Oc2cc(NC(=O)c3ccc(Br)cc3)ccc2N(CCN2CCOCC2)C1=O. The minimum atomic E-state index is -0.570. The molecule has 0 aliphatic carbocycles. The molecule has 1 unspecified atom stereocenters. The lowest BCUT2D eigenvalue weighted by Gasteiger charge is -2.35. The fourth-order valence-corrected chi connectivity index (χ4v) is 3.85. The molecular weight excluding hydrogens is 450 g/mol. The van der Waals surface area contributed by atoms with Crippen molar-refractivity contribution in [1.29, 1.82) is 0 Å². The average molecular weight is 474 g/mol. The lowest BCUT2D eigenvalue weighted by Crippen LogP contribution is -2.48. The number of amides is 2. The summed E-state index contributed by atoms with van der Waals surface area (Å²) >= 11 is 3.37. The van der Waals surface area contributed by atoms with Crippen LogP contribution in [0.25, 0.3) is 0 Å². The maximum Gasteiger partial charge on any atom is 0.267 e. The van der Waals surface area contributed by atoms with E-state index in [1.165, 1.54) is 0 Å². The number of hydrogen-bond acceptors (Lipinski definition) is 5. The first-order valence-electron chi connectivity index (χ1n) is 10.0. The lowest BCUT2D eigenvalue weighted by molar-refractivity contribution is -0.125. The molecule has 30 heavy (non-hydrogen) atoms. The van der Waals surface area contributed by atoms with Crippen LogP contribution in [-0.4, -0.2) is 62.2 Å². The molecule has 0 spiro atoms. The molecule has 158 valence electrons. The van der Waals surface area contributed by atoms with E-state index < -0.39 is 6.10 Å². The summed E-state index contributed by atoms with van der Waals surface area (Å²) in [4.78, 5) is 29.3. The Kier molecular flexibility index (Phi) is 6.36. The van der Waals surface area contributed by atoms with Crippen LogP contribution in [0.15, 0.2) is 46.9 Å². The predicted octanol–water partition coefficient (Wildman–Crippen LogP) is 3.15. The van der Waals surface area contributed by atoms with Gasteiger partial charge in [0.15, 0.2) is 6.10 Å². The molecule has 1 fully saturated rings. The number of rotatable bonds is 5. The number of halogens is 1. The molecule has 4 rings (SSSR count). The molecule has 2 heterocycles. The summed E-state index contributed by atoms with van der Waals surface area (Å²) in [7, 11) is 0. The van der Waals surface area contributed by atoms with Gasteiger partial charge in [0, 0.05) is 48.0 Å². The zero-order chi connectivity index (χ0) is 21.1. The molecular formula is C22H24BrN3O4. The Bertz CT molecular complexity index is 928. The zero-order valence-electron chi connectivity index (χ0n) is 16.8. The summed E-state index contributed by atoms with van der Waals surface area (Å²) < 4.78 is 12.1. The Labute approximate surface area is 184 Å². The number of hydrogen-bond donors (Lipinski definition) is 1. The topological polar surface area (TPSA) is 71.1 Å². The molecule has 0 radical (unpaired) electrons. The van der Waals surface area contributed by atoms with E-state index in [2.05, 4.69) is 26.1 Å². The van der Waals surface area contributed by atoms with Crippen LogP contribution < -0.4 is 15.0 Å². The first-order chi connectivity index (χ1) is 14.5. The average Bonchev–Trinajstić information content (AvgIpc) is 2.75. The Hall–Kier alpha value is -2.42. The van der Waals surface area contributed by atoms with Crippen molar-refractivity contribution in [3.8, 4) is 5.75 Å². The van der Waals surface area contributed by atoms with Crippen molar-refractivity contribution in [2.24, 2.45) is 0 Å². The van der Waals surface area contributed by atoms with Gasteiger partial charge < -0.3 is 19.7 Å². The molecule has 2 amide bonds. The van der Waals surface area contributed by atoms with Gasteiger partial charge in [-0.3, -0.25) is 14.5 Å². The van der Waals surface area contributed by atoms with Gasteiger partial charge in [-0.1, -0.05) is 15.9 Å². The molecule has 2 aliphatic heterocycles. The summed E-state index contributed by atoms with van der Waals surface area (Å²) in [5.41, 5.74) is 1.91. The number of morpholine rings is 1. The molecule has 1 N–H and O–H groups in total. The third-order valence-corrected chi connectivity index (χ3v) is 5.80. The quantitative estimate of drug-likeness (QED) is 0.721. The standard InChI is InChI=1S/C22H24BrN3O4/c1-15-22(28)26(9-8-25-10-12-29-13-11-25)19-7-6-18(14-20(19)30-15)24-21(27)16-2-4-17(23)5-3-16/h2-7,14-15H,8-13H2,1H3,(H,24,27). The predicted molar refractivity (Wildman–Crippen MR) is 118 cm³/mol. The molecule has 8 heteroatoms. The van der Waals surface area contributed by atoms with Crippen molar-refractivity contribution in [2.75, 3.05) is 49.6 Å². The first-order valence-corrected chi connectivity index (χ1v) is 10.8. The molecule has 0 bridgehead atoms. The number of carbonyl (C=O) groups excluding carboxylic acids is 2. The maximum absolute atomic E-state index is 12.7. The highest BCUT2D eigenvalue weighted by atomic mass is 79.9. The van der Waals surface area contributed by atoms with Crippen LogP contribution in [-0.2, 0) is 9.53 Å². The summed E-state index contributed by atoms with van der Waals surface area (Å²) in [6.07, 6.45) is -0.570. The summed E-state index contributed by atoms with van der Waals surface area (Å²) in [6, 6.07) is 12.6. The molecule has 1 saturated heterocycles. The van der Waals surface area contributed by atoms with E-state index >= 15 is 0 Å². The van der Waals surface area contributed by atoms with E-state index in [0.717, 1.165) is 43.0 Å². The van der Waals surface area contributed by atoms with Crippen LogP contribution in [0.2, 0.25) is 0 Å². The van der Waals surface area contributed by atoms with E-state index in [0.29, 0.717) is 23.5 Å². The molecule has 0 saturated carbocycles. The zero-order valence-corrected chi connectivity index (χ0v) is 18.4. The fourth-order valence-electron chi connectivity index (χ4n) is 3.59. The first kappa shape index (κ1) is 20.8. The Morgan fingerprint density at radius 2 is 1.87 bits per heavy atom. The van der Waals surface area contributed by atoms with E-state index in [1.807, 2.05) is 18.2 Å². The van der Waals surface area contributed by atoms with Crippen molar-refractivity contribution >= 4 is 39.1 Å². The third-order valence-electron chi connectivity index (χ3n) is 5.28. The van der Waals surface area contributed by atoms with Gasteiger partial charge in [0.2, 0.25) is 0 Å². The van der Waals surface area contributed by atoms with Gasteiger partial charge in [-0.05, 0) is 43.3 Å². The van der Waals surface area contributed by atoms with Gasteiger partial charge in [0.25, 0.3) is 11.8 Å². The van der Waals surface area contributed by atoms with Crippen LogP contribution in [0.3, 0.4) is 0 Å². The van der Waals surface area contributed by atoms with Gasteiger partial charge in [-0.25, -0.2) is 0 Å². The van der Waals surface area contributed by atoms with E-state index in [9.17, 15) is 9.59 Å². The van der Waals surface area contributed by atoms with Crippen molar-refractivity contribution < 1.29 is 19.1 Å². The molecule has 2 aromatic rings. The molecule has 1 atom stereocenters. The Balaban J connectivity index is 1.48. The van der Waals surface area contributed by atoms with Crippen molar-refractivity contribution in [3.63, 3.8) is 0 Å². The number of benzene rings is 2. The molecule has 7 nitrogen and oxygen atoms in total. The number of fused-ring (bicyclic) bond motifs is 1. The second kappa shape index (κ2) is 9.16. The normalized spacial score (nSPS) is 19.2. The molecule has 2 aromatic carbocycles. The highest BCUT2D eigenvalue weighted by Crippen LogP contribution is 2.36. The second-order valence-electron chi connectivity index (χ2n) is 7.35. The second-order valence-corrected chi connectivity index (χ2v) is 8.26. The number of nitrogens with zero attached hydrogens (tertiary/aromatic N) is 2. The number of nitrogens with one attached hydrogen (secondary N) is 1. The van der Waals surface area contributed by atoms with Crippen molar-refractivity contribution in [1.82, 2.24) is 4.90 Å². The van der Waals surface area contributed by atoms with E-state index in [-0.39, 0.29) is 11.8 Å². The van der Waals surface area contributed by atoms with Gasteiger partial charge in [0.1, 0.15) is 5.75 Å². The molecule has 0 aromatic heterocycles. The Morgan fingerprint density at radius 1 is 1.13 bits per heavy atom. The monoisotopic (exact) mass is 473 g/mol. The fraction of sp³-hybridized carbons (Fsp3) is 0.364. The minimum absolute atomic E-state index is 0.0533. The van der Waals surface area contributed by atoms with Crippen LogP contribution in [0.1, 0.15) is 17.3 Å². The maximum atomic E-state index is 12.7. The van der Waals surface area contributed by atoms with Crippen LogP contribution in [0.5, 0.6) is 5.75 Å².